The van der Waals surface area contributed by atoms with Gasteiger partial charge in [-0.3, -0.25) is 0 Å². The van der Waals surface area contributed by atoms with Gasteiger partial charge in [0.2, 0.25) is 0 Å². The first-order chi connectivity index (χ1) is 3.83. The predicted molar refractivity (Wildman–Crippen MR) is 34.4 cm³/mol. The molecule has 46 valence electrons. The molecule has 0 aromatic heterocycles. The fraction of sp³-hybridized carbons (Fsp3) is 0.833. The molecule has 0 radical (unpaired) electrons. The molecule has 1 heterocycles. The van der Waals surface area contributed by atoms with Crippen LogP contribution in [-0.2, 0) is 0 Å². The van der Waals surface area contributed by atoms with E-state index in [1.165, 1.54) is 12.6 Å². The molecule has 0 aliphatic carbocycles. The van der Waals surface area contributed by atoms with Crippen molar-refractivity contribution in [3.63, 3.8) is 0 Å². The van der Waals surface area contributed by atoms with Gasteiger partial charge in [-0.1, -0.05) is 0 Å². The Balaban J connectivity index is 2.32. The van der Waals surface area contributed by atoms with Gasteiger partial charge >= 0.3 is 0 Å². The predicted octanol–water partition coefficient (Wildman–Crippen LogP) is 0.776. The Kier molecular flexibility index (Phi) is 1.63. The van der Waals surface area contributed by atoms with Gasteiger partial charge in [0.15, 0.2) is 0 Å². The molecule has 0 aromatic carbocycles. The summed E-state index contributed by atoms with van der Waals surface area (Å²) in [7, 11) is 0. The molecule has 2 N–H and O–H groups in total. The summed E-state index contributed by atoms with van der Waals surface area (Å²) in [6.45, 7) is 2.16. The summed E-state index contributed by atoms with van der Waals surface area (Å²) in [6.07, 6.45) is 3.86. The fourth-order valence-corrected chi connectivity index (χ4v) is 1.09. The van der Waals surface area contributed by atoms with Crippen LogP contribution in [0.3, 0.4) is 0 Å². The Morgan fingerprint density at radius 3 is 2.62 bits per heavy atom. The summed E-state index contributed by atoms with van der Waals surface area (Å²) in [5, 5.41) is 10.2. The van der Waals surface area contributed by atoms with Gasteiger partial charge in [-0.05, 0) is 19.8 Å². The Morgan fingerprint density at radius 2 is 2.38 bits per heavy atom. The molecule has 0 spiro atoms. The van der Waals surface area contributed by atoms with Crippen LogP contribution in [0.1, 0.15) is 19.8 Å². The van der Waals surface area contributed by atoms with Crippen LogP contribution in [0.5, 0.6) is 0 Å². The highest BCUT2D eigenvalue weighted by molar-refractivity contribution is 5.61. The highest BCUT2D eigenvalue weighted by atomic mass is 15.0. The van der Waals surface area contributed by atoms with Crippen LogP contribution in [0.15, 0.2) is 0 Å². The van der Waals surface area contributed by atoms with E-state index in [0.29, 0.717) is 12.1 Å². The summed E-state index contributed by atoms with van der Waals surface area (Å²) >= 11 is 0. The average molecular weight is 112 g/mol. The highest BCUT2D eigenvalue weighted by Gasteiger charge is 2.16. The first-order valence-electron chi connectivity index (χ1n) is 3.09. The van der Waals surface area contributed by atoms with E-state index in [-0.39, 0.29) is 0 Å². The lowest BCUT2D eigenvalue weighted by Crippen LogP contribution is -2.27. The second-order valence-electron chi connectivity index (χ2n) is 2.42. The molecule has 1 aliphatic heterocycles. The zero-order valence-electron chi connectivity index (χ0n) is 5.15. The minimum atomic E-state index is 0.366. The monoisotopic (exact) mass is 112 g/mol. The molecular formula is C6H12N2. The first-order valence-corrected chi connectivity index (χ1v) is 3.09. The Labute approximate surface area is 49.8 Å². The van der Waals surface area contributed by atoms with Crippen LogP contribution < -0.4 is 5.32 Å². The third-order valence-electron chi connectivity index (χ3n) is 1.61. The lowest BCUT2D eigenvalue weighted by Gasteiger charge is -2.02. The molecule has 2 atom stereocenters. The van der Waals surface area contributed by atoms with Crippen molar-refractivity contribution in [1.82, 2.24) is 5.32 Å². The van der Waals surface area contributed by atoms with Crippen molar-refractivity contribution in [2.24, 2.45) is 0 Å². The van der Waals surface area contributed by atoms with Crippen molar-refractivity contribution in [2.75, 3.05) is 0 Å². The summed E-state index contributed by atoms with van der Waals surface area (Å²) in [5.74, 6) is 0. The van der Waals surface area contributed by atoms with Gasteiger partial charge < -0.3 is 10.7 Å². The second-order valence-corrected chi connectivity index (χ2v) is 2.42. The van der Waals surface area contributed by atoms with Crippen LogP contribution in [0.25, 0.3) is 0 Å². The minimum Gasteiger partial charge on any atom is -0.311 e. The third-order valence-corrected chi connectivity index (χ3v) is 1.61. The van der Waals surface area contributed by atoms with E-state index in [9.17, 15) is 0 Å². The molecule has 0 bridgehead atoms. The van der Waals surface area contributed by atoms with E-state index in [2.05, 4.69) is 12.2 Å². The first kappa shape index (κ1) is 5.76. The van der Waals surface area contributed by atoms with Crippen LogP contribution in [0.4, 0.5) is 0 Å². The van der Waals surface area contributed by atoms with Gasteiger partial charge in [0, 0.05) is 18.3 Å². The maximum atomic E-state index is 6.90. The standard InChI is InChI=1S/C6H12N2/c1-5-2-3-6(4-7)8-5/h4-8H,2-3H2,1H3. The molecule has 2 nitrogen and oxygen atoms in total. The van der Waals surface area contributed by atoms with E-state index in [4.69, 9.17) is 5.41 Å². The zero-order chi connectivity index (χ0) is 5.98. The molecule has 0 saturated carbocycles. The van der Waals surface area contributed by atoms with E-state index < -0.39 is 0 Å². The van der Waals surface area contributed by atoms with E-state index in [1.54, 1.807) is 0 Å². The Morgan fingerprint density at radius 1 is 1.62 bits per heavy atom. The number of rotatable bonds is 1. The van der Waals surface area contributed by atoms with Gasteiger partial charge in [0.1, 0.15) is 0 Å². The molecule has 1 rings (SSSR count). The number of hydrogen-bond acceptors (Lipinski definition) is 2. The fourth-order valence-electron chi connectivity index (χ4n) is 1.09. The van der Waals surface area contributed by atoms with Crippen molar-refractivity contribution >= 4 is 6.21 Å². The Bertz CT molecular complexity index is 90.5. The summed E-state index contributed by atoms with van der Waals surface area (Å²) in [6, 6.07) is 0.992. The van der Waals surface area contributed by atoms with Gasteiger partial charge in [-0.15, -0.1) is 0 Å². The Hall–Kier alpha value is -0.370. The van der Waals surface area contributed by atoms with E-state index in [0.717, 1.165) is 6.42 Å². The minimum absolute atomic E-state index is 0.366. The molecule has 1 saturated heterocycles. The second kappa shape index (κ2) is 2.27. The maximum absolute atomic E-state index is 6.90. The molecule has 2 heteroatoms. The number of nitrogens with one attached hydrogen (secondary N) is 2. The van der Waals surface area contributed by atoms with Gasteiger partial charge in [-0.2, -0.15) is 0 Å². The topological polar surface area (TPSA) is 35.9 Å². The zero-order valence-corrected chi connectivity index (χ0v) is 5.15. The van der Waals surface area contributed by atoms with Crippen LogP contribution in [0.2, 0.25) is 0 Å². The summed E-state index contributed by atoms with van der Waals surface area (Å²) < 4.78 is 0. The van der Waals surface area contributed by atoms with Crippen molar-refractivity contribution in [3.05, 3.63) is 0 Å². The van der Waals surface area contributed by atoms with Crippen molar-refractivity contribution < 1.29 is 0 Å². The van der Waals surface area contributed by atoms with Crippen LogP contribution >= 0.6 is 0 Å². The van der Waals surface area contributed by atoms with Crippen molar-refractivity contribution in [3.8, 4) is 0 Å². The largest absolute Gasteiger partial charge is 0.311 e. The van der Waals surface area contributed by atoms with E-state index in [1.807, 2.05) is 0 Å². The van der Waals surface area contributed by atoms with Gasteiger partial charge in [-0.25, -0.2) is 0 Å². The normalized spacial score (nSPS) is 37.6. The molecule has 1 aliphatic rings. The lowest BCUT2D eigenvalue weighted by atomic mass is 10.2. The van der Waals surface area contributed by atoms with Gasteiger partial charge in [0.05, 0.1) is 0 Å². The lowest BCUT2D eigenvalue weighted by molar-refractivity contribution is 0.643. The molecular weight excluding hydrogens is 100 g/mol. The van der Waals surface area contributed by atoms with E-state index >= 15 is 0 Å². The smallest absolute Gasteiger partial charge is 0.0420 e. The maximum Gasteiger partial charge on any atom is 0.0420 e. The van der Waals surface area contributed by atoms with Gasteiger partial charge in [0.25, 0.3) is 0 Å². The quantitative estimate of drug-likeness (QED) is 0.483. The average Bonchev–Trinajstić information content (AvgIpc) is 2.14. The summed E-state index contributed by atoms with van der Waals surface area (Å²) in [5.41, 5.74) is 0. The summed E-state index contributed by atoms with van der Waals surface area (Å²) in [4.78, 5) is 0. The molecule has 2 unspecified atom stereocenters. The highest BCUT2D eigenvalue weighted by Crippen LogP contribution is 2.08. The molecule has 0 aromatic rings. The third kappa shape index (κ3) is 1.07. The SMILES string of the molecule is CC1CCC(C=N)N1. The number of hydrogen-bond donors (Lipinski definition) is 2. The molecule has 0 amide bonds. The van der Waals surface area contributed by atoms with Crippen molar-refractivity contribution in [1.29, 1.82) is 5.41 Å². The van der Waals surface area contributed by atoms with Crippen molar-refractivity contribution in [2.45, 2.75) is 31.8 Å². The van der Waals surface area contributed by atoms with Crippen LogP contribution in [0, 0.1) is 5.41 Å². The molecule has 1 fully saturated rings. The van der Waals surface area contributed by atoms with Crippen LogP contribution in [-0.4, -0.2) is 18.3 Å². The molecule has 8 heavy (non-hydrogen) atoms.